The average Bonchev–Trinajstić information content (AvgIpc) is 2.54. The molecule has 0 aliphatic carbocycles. The molecule has 118 valence electrons. The fourth-order valence-corrected chi connectivity index (χ4v) is 2.53. The number of pyridine rings is 1. The summed E-state index contributed by atoms with van der Waals surface area (Å²) in [5.41, 5.74) is 0.329. The Kier molecular flexibility index (Phi) is 3.94. The topological polar surface area (TPSA) is 24.9 Å². The first-order valence-electron chi connectivity index (χ1n) is 7.30. The van der Waals surface area contributed by atoms with Gasteiger partial charge in [0.15, 0.2) is 0 Å². The lowest BCUT2D eigenvalue weighted by molar-refractivity contribution is -0.137. The molecule has 0 aliphatic heterocycles. The summed E-state index contributed by atoms with van der Waals surface area (Å²) >= 11 is 0. The van der Waals surface area contributed by atoms with Gasteiger partial charge in [0.2, 0.25) is 0 Å². The van der Waals surface area contributed by atoms with Gasteiger partial charge in [-0.3, -0.25) is 0 Å². The predicted octanol–water partition coefficient (Wildman–Crippen LogP) is 5.35. The van der Waals surface area contributed by atoms with Crippen LogP contribution in [-0.2, 0) is 6.18 Å². The molecule has 0 spiro atoms. The van der Waals surface area contributed by atoms with Crippen LogP contribution in [-0.4, -0.2) is 11.5 Å². The van der Waals surface area contributed by atoms with E-state index in [1.165, 1.54) is 6.07 Å². The summed E-state index contributed by atoms with van der Waals surface area (Å²) in [6.07, 6.45) is -4.37. The summed E-state index contributed by atoms with van der Waals surface area (Å²) in [5.74, 6) is 0.651. The van der Waals surface area contributed by atoms with E-state index in [2.05, 4.69) is 10.3 Å². The van der Waals surface area contributed by atoms with Gasteiger partial charge in [-0.1, -0.05) is 36.4 Å². The molecule has 2 nitrogen and oxygen atoms in total. The Morgan fingerprint density at radius 2 is 1.78 bits per heavy atom. The highest BCUT2D eigenvalue weighted by Crippen LogP contribution is 2.34. The molecule has 0 bridgehead atoms. The number of aromatic nitrogens is 1. The predicted molar refractivity (Wildman–Crippen MR) is 86.3 cm³/mol. The van der Waals surface area contributed by atoms with Crippen molar-refractivity contribution in [1.29, 1.82) is 0 Å². The van der Waals surface area contributed by atoms with Crippen LogP contribution in [0.2, 0.25) is 0 Å². The van der Waals surface area contributed by atoms with Gasteiger partial charge in [-0.15, -0.1) is 0 Å². The van der Waals surface area contributed by atoms with Crippen LogP contribution in [0.1, 0.15) is 12.5 Å². The van der Waals surface area contributed by atoms with Crippen molar-refractivity contribution in [3.8, 4) is 11.3 Å². The molecule has 5 heteroatoms. The summed E-state index contributed by atoms with van der Waals surface area (Å²) in [6.45, 7) is 2.63. The van der Waals surface area contributed by atoms with Gasteiger partial charge in [0.05, 0.1) is 11.3 Å². The maximum atomic E-state index is 13.0. The molecule has 0 radical (unpaired) electrons. The smallest absolute Gasteiger partial charge is 0.370 e. The molecule has 2 aromatic carbocycles. The number of alkyl halides is 3. The molecule has 0 aliphatic rings. The van der Waals surface area contributed by atoms with E-state index in [0.29, 0.717) is 23.6 Å². The van der Waals surface area contributed by atoms with Gasteiger partial charge in [-0.05, 0) is 30.5 Å². The molecule has 3 rings (SSSR count). The molecule has 3 aromatic rings. The molecule has 0 atom stereocenters. The number of rotatable bonds is 3. The largest absolute Gasteiger partial charge is 0.416 e. The second kappa shape index (κ2) is 5.91. The Hall–Kier alpha value is -2.56. The van der Waals surface area contributed by atoms with Crippen molar-refractivity contribution in [2.75, 3.05) is 11.9 Å². The minimum atomic E-state index is -4.37. The Bertz CT molecular complexity index is 841. The molecule has 0 fully saturated rings. The van der Waals surface area contributed by atoms with Crippen molar-refractivity contribution < 1.29 is 13.2 Å². The number of benzene rings is 2. The Labute approximate surface area is 132 Å². The van der Waals surface area contributed by atoms with Gasteiger partial charge < -0.3 is 5.32 Å². The second-order valence-corrected chi connectivity index (χ2v) is 5.19. The highest BCUT2D eigenvalue weighted by Gasteiger charge is 2.30. The van der Waals surface area contributed by atoms with Crippen LogP contribution < -0.4 is 5.32 Å². The second-order valence-electron chi connectivity index (χ2n) is 5.19. The van der Waals surface area contributed by atoms with Crippen LogP contribution in [0, 0.1) is 0 Å². The average molecular weight is 316 g/mol. The third kappa shape index (κ3) is 3.13. The summed E-state index contributed by atoms with van der Waals surface area (Å²) in [4.78, 5) is 4.51. The minimum Gasteiger partial charge on any atom is -0.370 e. The van der Waals surface area contributed by atoms with Crippen LogP contribution in [0.25, 0.3) is 22.0 Å². The van der Waals surface area contributed by atoms with Crippen molar-refractivity contribution >= 4 is 16.6 Å². The lowest BCUT2D eigenvalue weighted by atomic mass is 10.0. The first-order chi connectivity index (χ1) is 11.0. The first-order valence-corrected chi connectivity index (χ1v) is 7.30. The van der Waals surface area contributed by atoms with E-state index in [4.69, 9.17) is 0 Å². The lowest BCUT2D eigenvalue weighted by Gasteiger charge is -2.12. The molecule has 23 heavy (non-hydrogen) atoms. The van der Waals surface area contributed by atoms with Crippen LogP contribution in [0.15, 0.2) is 54.6 Å². The highest BCUT2D eigenvalue weighted by molar-refractivity contribution is 5.96. The van der Waals surface area contributed by atoms with E-state index >= 15 is 0 Å². The van der Waals surface area contributed by atoms with Gasteiger partial charge in [-0.2, -0.15) is 13.2 Å². The van der Waals surface area contributed by atoms with Crippen molar-refractivity contribution in [3.05, 3.63) is 60.2 Å². The van der Waals surface area contributed by atoms with Gasteiger partial charge in [0, 0.05) is 17.5 Å². The minimum absolute atomic E-state index is 0.454. The molecular weight excluding hydrogens is 301 g/mol. The molecule has 0 saturated carbocycles. The highest BCUT2D eigenvalue weighted by atomic mass is 19.4. The first kappa shape index (κ1) is 15.3. The number of anilines is 1. The third-order valence-corrected chi connectivity index (χ3v) is 3.56. The Morgan fingerprint density at radius 3 is 2.52 bits per heavy atom. The van der Waals surface area contributed by atoms with Crippen LogP contribution in [0.5, 0.6) is 0 Å². The van der Waals surface area contributed by atoms with Crippen molar-refractivity contribution in [1.82, 2.24) is 4.98 Å². The van der Waals surface area contributed by atoms with E-state index in [0.717, 1.165) is 22.9 Å². The van der Waals surface area contributed by atoms with Crippen LogP contribution in [0.3, 0.4) is 0 Å². The summed E-state index contributed by atoms with van der Waals surface area (Å²) < 4.78 is 38.9. The van der Waals surface area contributed by atoms with E-state index < -0.39 is 11.7 Å². The van der Waals surface area contributed by atoms with Crippen molar-refractivity contribution in [3.63, 3.8) is 0 Å². The number of nitrogens with zero attached hydrogens (tertiary/aromatic N) is 1. The number of fused-ring (bicyclic) bond motifs is 1. The van der Waals surface area contributed by atoms with Gasteiger partial charge in [0.1, 0.15) is 5.82 Å². The van der Waals surface area contributed by atoms with E-state index in [-0.39, 0.29) is 0 Å². The Balaban J connectivity index is 2.22. The SMILES string of the molecule is CCNc1cc2ccccc2c(-c2cccc(C(F)(F)F)c2)n1. The fraction of sp³-hybridized carbons (Fsp3) is 0.167. The van der Waals surface area contributed by atoms with Crippen molar-refractivity contribution in [2.45, 2.75) is 13.1 Å². The number of hydrogen-bond acceptors (Lipinski definition) is 2. The number of hydrogen-bond donors (Lipinski definition) is 1. The van der Waals surface area contributed by atoms with E-state index in [9.17, 15) is 13.2 Å². The molecular formula is C18H15F3N2. The normalized spacial score (nSPS) is 11.7. The fourth-order valence-electron chi connectivity index (χ4n) is 2.53. The number of halogens is 3. The standard InChI is InChI=1S/C18H15F3N2/c1-2-22-16-11-12-6-3-4-9-15(12)17(23-16)13-7-5-8-14(10-13)18(19,20)21/h3-11H,2H2,1H3,(H,22,23). The maximum Gasteiger partial charge on any atom is 0.416 e. The zero-order valence-corrected chi connectivity index (χ0v) is 12.5. The molecule has 0 saturated heterocycles. The summed E-state index contributed by atoms with van der Waals surface area (Å²) in [6, 6.07) is 14.7. The lowest BCUT2D eigenvalue weighted by Crippen LogP contribution is -2.05. The third-order valence-electron chi connectivity index (χ3n) is 3.56. The zero-order chi connectivity index (χ0) is 16.4. The van der Waals surface area contributed by atoms with E-state index in [1.807, 2.05) is 37.3 Å². The molecule has 1 heterocycles. The quantitative estimate of drug-likeness (QED) is 0.704. The molecule has 0 unspecified atom stereocenters. The van der Waals surface area contributed by atoms with Crippen LogP contribution in [0.4, 0.5) is 19.0 Å². The molecule has 1 aromatic heterocycles. The molecule has 0 amide bonds. The monoisotopic (exact) mass is 316 g/mol. The van der Waals surface area contributed by atoms with Gasteiger partial charge >= 0.3 is 6.18 Å². The Morgan fingerprint density at radius 1 is 1.00 bits per heavy atom. The zero-order valence-electron chi connectivity index (χ0n) is 12.5. The maximum absolute atomic E-state index is 13.0. The van der Waals surface area contributed by atoms with E-state index in [1.54, 1.807) is 6.07 Å². The number of nitrogens with one attached hydrogen (secondary N) is 1. The summed E-state index contributed by atoms with van der Waals surface area (Å²) in [5, 5.41) is 4.88. The van der Waals surface area contributed by atoms with Gasteiger partial charge in [-0.25, -0.2) is 4.98 Å². The summed E-state index contributed by atoms with van der Waals surface area (Å²) in [7, 11) is 0. The van der Waals surface area contributed by atoms with Crippen molar-refractivity contribution in [2.24, 2.45) is 0 Å². The van der Waals surface area contributed by atoms with Crippen LogP contribution >= 0.6 is 0 Å². The molecule has 1 N–H and O–H groups in total. The van der Waals surface area contributed by atoms with Gasteiger partial charge in [0.25, 0.3) is 0 Å².